The minimum Gasteiger partial charge on any atom is -0.335 e. The molecule has 2 amide bonds. The first-order valence-electron chi connectivity index (χ1n) is 8.65. The van der Waals surface area contributed by atoms with Gasteiger partial charge in [-0.1, -0.05) is 72.8 Å². The number of hydrogen-bond donors (Lipinski definition) is 1. The van der Waals surface area contributed by atoms with E-state index in [1.165, 1.54) is 16.3 Å². The van der Waals surface area contributed by atoms with Gasteiger partial charge in [-0.3, -0.25) is 0 Å². The number of carbonyl (C=O) groups is 1. The van der Waals surface area contributed by atoms with Crippen molar-refractivity contribution >= 4 is 16.8 Å². The first kappa shape index (κ1) is 17.0. The average molecular weight is 332 g/mol. The second-order valence-corrected chi connectivity index (χ2v) is 6.58. The van der Waals surface area contributed by atoms with Crippen molar-refractivity contribution in [3.8, 4) is 0 Å². The van der Waals surface area contributed by atoms with Gasteiger partial charge < -0.3 is 10.2 Å². The van der Waals surface area contributed by atoms with E-state index in [9.17, 15) is 4.79 Å². The number of nitrogens with one attached hydrogen (secondary N) is 1. The number of amides is 2. The van der Waals surface area contributed by atoms with Gasteiger partial charge in [0.15, 0.2) is 0 Å². The van der Waals surface area contributed by atoms with Crippen LogP contribution in [-0.2, 0) is 13.0 Å². The van der Waals surface area contributed by atoms with Gasteiger partial charge in [0.2, 0.25) is 0 Å². The molecular weight excluding hydrogens is 308 g/mol. The number of urea groups is 1. The van der Waals surface area contributed by atoms with Crippen molar-refractivity contribution in [3.05, 3.63) is 83.9 Å². The normalized spacial score (nSPS) is 11.9. The first-order valence-corrected chi connectivity index (χ1v) is 8.65. The Balaban J connectivity index is 1.57. The van der Waals surface area contributed by atoms with Crippen LogP contribution in [0.1, 0.15) is 18.1 Å². The zero-order valence-electron chi connectivity index (χ0n) is 14.8. The largest absolute Gasteiger partial charge is 0.335 e. The molecule has 3 aromatic rings. The summed E-state index contributed by atoms with van der Waals surface area (Å²) >= 11 is 0. The van der Waals surface area contributed by atoms with Crippen molar-refractivity contribution in [3.63, 3.8) is 0 Å². The molecule has 0 aliphatic carbocycles. The molecule has 0 fully saturated rings. The Morgan fingerprint density at radius 3 is 2.36 bits per heavy atom. The van der Waals surface area contributed by atoms with Gasteiger partial charge in [0, 0.05) is 19.6 Å². The van der Waals surface area contributed by atoms with Crippen LogP contribution in [0.3, 0.4) is 0 Å². The van der Waals surface area contributed by atoms with Crippen LogP contribution in [-0.4, -0.2) is 24.0 Å². The molecule has 25 heavy (non-hydrogen) atoms. The Hall–Kier alpha value is -2.81. The lowest BCUT2D eigenvalue weighted by atomic mass is 10.0. The summed E-state index contributed by atoms with van der Waals surface area (Å²) in [6, 6.07) is 24.9. The Labute approximate surface area is 149 Å². The summed E-state index contributed by atoms with van der Waals surface area (Å²) in [6.07, 6.45) is 0.815. The van der Waals surface area contributed by atoms with Crippen LogP contribution in [0, 0.1) is 0 Å². The highest BCUT2D eigenvalue weighted by Crippen LogP contribution is 2.16. The fraction of sp³-hybridized carbons (Fsp3) is 0.227. The molecule has 0 saturated heterocycles. The fourth-order valence-electron chi connectivity index (χ4n) is 3.02. The van der Waals surface area contributed by atoms with Crippen LogP contribution in [0.15, 0.2) is 72.8 Å². The Morgan fingerprint density at radius 1 is 0.920 bits per heavy atom. The summed E-state index contributed by atoms with van der Waals surface area (Å²) in [5.74, 6) is 0. The molecule has 0 saturated carbocycles. The van der Waals surface area contributed by atoms with Gasteiger partial charge in [-0.05, 0) is 35.2 Å². The van der Waals surface area contributed by atoms with Crippen LogP contribution in [0.4, 0.5) is 4.79 Å². The lowest BCUT2D eigenvalue weighted by Gasteiger charge is -2.21. The number of benzene rings is 3. The Morgan fingerprint density at radius 2 is 1.60 bits per heavy atom. The molecule has 3 rings (SSSR count). The third-order valence-electron chi connectivity index (χ3n) is 4.33. The minimum absolute atomic E-state index is 0.0443. The van der Waals surface area contributed by atoms with Crippen LogP contribution in [0.25, 0.3) is 10.8 Å². The highest BCUT2D eigenvalue weighted by Gasteiger charge is 2.13. The number of rotatable bonds is 5. The maximum Gasteiger partial charge on any atom is 0.317 e. The van der Waals surface area contributed by atoms with E-state index in [4.69, 9.17) is 0 Å². The van der Waals surface area contributed by atoms with Crippen LogP contribution < -0.4 is 5.32 Å². The van der Waals surface area contributed by atoms with Gasteiger partial charge in [-0.2, -0.15) is 0 Å². The van der Waals surface area contributed by atoms with Crippen LogP contribution in [0.2, 0.25) is 0 Å². The molecule has 0 aromatic heterocycles. The molecule has 1 N–H and O–H groups in total. The maximum absolute atomic E-state index is 12.4. The third-order valence-corrected chi connectivity index (χ3v) is 4.33. The molecule has 0 spiro atoms. The van der Waals surface area contributed by atoms with Gasteiger partial charge in [0.05, 0.1) is 0 Å². The molecular formula is C22H24N2O. The molecule has 1 atom stereocenters. The molecule has 0 aliphatic rings. The quantitative estimate of drug-likeness (QED) is 0.727. The Kier molecular flexibility index (Phi) is 5.34. The first-order chi connectivity index (χ1) is 12.1. The van der Waals surface area contributed by atoms with E-state index in [0.29, 0.717) is 6.54 Å². The van der Waals surface area contributed by atoms with Crippen LogP contribution >= 0.6 is 0 Å². The zero-order valence-corrected chi connectivity index (χ0v) is 14.8. The van der Waals surface area contributed by atoms with E-state index in [1.807, 2.05) is 50.4 Å². The molecule has 0 radical (unpaired) electrons. The van der Waals surface area contributed by atoms with E-state index >= 15 is 0 Å². The number of nitrogens with zero attached hydrogens (tertiary/aromatic N) is 1. The Bertz CT molecular complexity index is 845. The number of fused-ring (bicyclic) bond motifs is 1. The molecule has 3 nitrogen and oxygen atoms in total. The van der Waals surface area contributed by atoms with Gasteiger partial charge in [-0.15, -0.1) is 0 Å². The van der Waals surface area contributed by atoms with Crippen molar-refractivity contribution in [2.75, 3.05) is 7.05 Å². The zero-order chi connectivity index (χ0) is 17.6. The summed E-state index contributed by atoms with van der Waals surface area (Å²) in [4.78, 5) is 14.1. The van der Waals surface area contributed by atoms with Gasteiger partial charge in [-0.25, -0.2) is 4.79 Å². The maximum atomic E-state index is 12.4. The van der Waals surface area contributed by atoms with E-state index < -0.39 is 0 Å². The summed E-state index contributed by atoms with van der Waals surface area (Å²) in [6.45, 7) is 2.65. The predicted molar refractivity (Wildman–Crippen MR) is 104 cm³/mol. The van der Waals surface area contributed by atoms with E-state index in [0.717, 1.165) is 12.0 Å². The molecule has 0 aliphatic heterocycles. The summed E-state index contributed by atoms with van der Waals surface area (Å²) < 4.78 is 0. The van der Waals surface area contributed by atoms with Crippen molar-refractivity contribution in [1.29, 1.82) is 0 Å². The van der Waals surface area contributed by atoms with Crippen molar-refractivity contribution in [2.45, 2.75) is 25.9 Å². The third kappa shape index (κ3) is 4.60. The smallest absolute Gasteiger partial charge is 0.317 e. The fourth-order valence-corrected chi connectivity index (χ4v) is 3.02. The summed E-state index contributed by atoms with van der Waals surface area (Å²) in [7, 11) is 1.82. The topological polar surface area (TPSA) is 32.3 Å². The molecule has 3 aromatic carbocycles. The highest BCUT2D eigenvalue weighted by molar-refractivity contribution is 5.83. The minimum atomic E-state index is -0.0443. The van der Waals surface area contributed by atoms with Crippen molar-refractivity contribution in [1.82, 2.24) is 10.2 Å². The monoisotopic (exact) mass is 332 g/mol. The lowest BCUT2D eigenvalue weighted by Crippen LogP contribution is -2.42. The number of hydrogen-bond acceptors (Lipinski definition) is 1. The molecule has 0 heterocycles. The summed E-state index contributed by atoms with van der Waals surface area (Å²) in [5, 5.41) is 5.56. The standard InChI is InChI=1S/C22H24N2O/c1-17(14-19-12-13-20-10-6-7-11-21(20)15-19)23-22(25)24(2)16-18-8-4-3-5-9-18/h3-13,15,17H,14,16H2,1-2H3,(H,23,25). The van der Waals surface area contributed by atoms with E-state index in [1.54, 1.807) is 4.90 Å². The van der Waals surface area contributed by atoms with Gasteiger partial charge in [0.1, 0.15) is 0 Å². The predicted octanol–water partition coefficient (Wildman–Crippen LogP) is 4.61. The van der Waals surface area contributed by atoms with Crippen molar-refractivity contribution < 1.29 is 4.79 Å². The second-order valence-electron chi connectivity index (χ2n) is 6.58. The van der Waals surface area contributed by atoms with Crippen LogP contribution in [0.5, 0.6) is 0 Å². The highest BCUT2D eigenvalue weighted by atomic mass is 16.2. The van der Waals surface area contributed by atoms with E-state index in [-0.39, 0.29) is 12.1 Å². The number of carbonyl (C=O) groups excluding carboxylic acids is 1. The van der Waals surface area contributed by atoms with E-state index in [2.05, 4.69) is 41.7 Å². The summed E-state index contributed by atoms with van der Waals surface area (Å²) in [5.41, 5.74) is 2.36. The second kappa shape index (κ2) is 7.84. The van der Waals surface area contributed by atoms with Crippen molar-refractivity contribution in [2.24, 2.45) is 0 Å². The average Bonchev–Trinajstić information content (AvgIpc) is 2.62. The lowest BCUT2D eigenvalue weighted by molar-refractivity contribution is 0.203. The van der Waals surface area contributed by atoms with Gasteiger partial charge >= 0.3 is 6.03 Å². The molecule has 0 bridgehead atoms. The molecule has 128 valence electrons. The molecule has 3 heteroatoms. The SMILES string of the molecule is CC(Cc1ccc2ccccc2c1)NC(=O)N(C)Cc1ccccc1. The molecule has 1 unspecified atom stereocenters. The van der Waals surface area contributed by atoms with Gasteiger partial charge in [0.25, 0.3) is 0 Å².